The van der Waals surface area contributed by atoms with E-state index in [0.29, 0.717) is 94.2 Å². The highest BCUT2D eigenvalue weighted by molar-refractivity contribution is 6.07. The lowest BCUT2D eigenvalue weighted by molar-refractivity contribution is 0.0589. The van der Waals surface area contributed by atoms with E-state index in [2.05, 4.69) is 128 Å². The number of aromatic nitrogens is 6. The van der Waals surface area contributed by atoms with Gasteiger partial charge in [-0.15, -0.1) is 0 Å². The second-order valence-corrected chi connectivity index (χ2v) is 25.5. The number of carboxylic acids is 2. The van der Waals surface area contributed by atoms with Crippen molar-refractivity contribution in [1.82, 2.24) is 29.9 Å². The third-order valence-corrected chi connectivity index (χ3v) is 17.0. The number of para-hydroxylation sites is 4. The number of phenolic OH excluding ortho intramolecular Hbond substituents is 1. The Bertz CT molecular complexity index is 5700. The number of phenols is 1. The highest BCUT2D eigenvalue weighted by atomic mass is 16.5. The van der Waals surface area contributed by atoms with Crippen LogP contribution in [0, 0.1) is 27.7 Å². The van der Waals surface area contributed by atoms with Crippen LogP contribution in [0.3, 0.4) is 0 Å². The number of benzene rings is 8. The number of anilines is 7. The molecule has 12 N–H and O–H groups in total. The number of esters is 3. The van der Waals surface area contributed by atoms with Gasteiger partial charge in [0.05, 0.1) is 66.2 Å². The molecule has 0 radical (unpaired) electrons. The number of ether oxygens (including phenoxy) is 3. The van der Waals surface area contributed by atoms with Crippen molar-refractivity contribution in [2.75, 3.05) is 59.4 Å². The van der Waals surface area contributed by atoms with Gasteiger partial charge in [0.15, 0.2) is 16.9 Å². The first kappa shape index (κ1) is 81.2. The zero-order chi connectivity index (χ0) is 81.2. The summed E-state index contributed by atoms with van der Waals surface area (Å²) in [5, 5.41) is 43.7. The Kier molecular flexibility index (Phi) is 27.9. The Labute approximate surface area is 655 Å². The predicted octanol–water partition coefficient (Wildman–Crippen LogP) is 16.2. The Hall–Kier alpha value is -15.3. The minimum absolute atomic E-state index is 0.0286. The molecule has 578 valence electrons. The largest absolute Gasteiger partial charge is 0.505 e. The molecule has 1 amide bonds. The van der Waals surface area contributed by atoms with Gasteiger partial charge in [0.1, 0.15) is 51.0 Å². The van der Waals surface area contributed by atoms with Gasteiger partial charge in [-0.1, -0.05) is 144 Å². The first-order valence-electron chi connectivity index (χ1n) is 35.3. The van der Waals surface area contributed by atoms with Crippen molar-refractivity contribution in [2.45, 2.75) is 53.9 Å². The number of hydrogen-bond donors (Lipinski definition) is 10. The number of pyridine rings is 4. The van der Waals surface area contributed by atoms with E-state index in [0.717, 1.165) is 22.8 Å². The molecule has 8 aromatic carbocycles. The number of aryl methyl sites for hydroxylation is 4. The van der Waals surface area contributed by atoms with Crippen LogP contribution in [0.1, 0.15) is 107 Å². The number of carbonyl (C=O) groups excluding carboxylic acids is 4. The summed E-state index contributed by atoms with van der Waals surface area (Å²) < 4.78 is 25.4. The highest BCUT2D eigenvalue weighted by Gasteiger charge is 2.21. The van der Waals surface area contributed by atoms with E-state index in [9.17, 15) is 39.0 Å². The molecule has 0 fully saturated rings. The molecule has 0 saturated heterocycles. The molecule has 0 bridgehead atoms. The Balaban J connectivity index is 0.000000155. The van der Waals surface area contributed by atoms with Gasteiger partial charge in [-0.2, -0.15) is 0 Å². The summed E-state index contributed by atoms with van der Waals surface area (Å²) in [6, 6.07) is 66.3. The normalized spacial score (nSPS) is 10.4. The zero-order valence-corrected chi connectivity index (χ0v) is 63.1. The number of aromatic carboxylic acids is 2. The van der Waals surface area contributed by atoms with Gasteiger partial charge < -0.3 is 76.4 Å². The first-order valence-corrected chi connectivity index (χ1v) is 35.3. The fourth-order valence-corrected chi connectivity index (χ4v) is 11.1. The van der Waals surface area contributed by atoms with Crippen molar-refractivity contribution in [3.8, 4) is 28.7 Å². The minimum Gasteiger partial charge on any atom is -0.505 e. The van der Waals surface area contributed by atoms with Crippen molar-refractivity contribution in [2.24, 2.45) is 0 Å². The number of nitrogens with two attached hydrogens (primary N) is 2. The van der Waals surface area contributed by atoms with E-state index < -0.39 is 35.8 Å². The molecular formula is C87H81N13O14. The average Bonchev–Trinajstić information content (AvgIpc) is 1.65. The number of oxazole rings is 2. The molecule has 0 aliphatic heterocycles. The molecule has 27 heteroatoms. The smallest absolute Gasteiger partial charge is 0.341 e. The maximum atomic E-state index is 12.4. The summed E-state index contributed by atoms with van der Waals surface area (Å²) in [6.07, 6.45) is 6.14. The lowest BCUT2D eigenvalue weighted by atomic mass is 10.1. The van der Waals surface area contributed by atoms with Crippen molar-refractivity contribution >= 4 is 98.3 Å². The molecule has 0 unspecified atom stereocenters. The summed E-state index contributed by atoms with van der Waals surface area (Å²) >= 11 is 0. The molecule has 0 aliphatic rings. The van der Waals surface area contributed by atoms with E-state index in [1.807, 2.05) is 86.6 Å². The minimum atomic E-state index is -1.04. The Morgan fingerprint density at radius 3 is 1.15 bits per heavy atom. The fourth-order valence-electron chi connectivity index (χ4n) is 11.1. The van der Waals surface area contributed by atoms with Crippen LogP contribution in [0.15, 0.2) is 252 Å². The standard InChI is InChI=1S/C22H21N3O4.C22H19N3O3.C21H17N3O3.C14H14N2O2.C8H10N2O2/c1-14-5-3-6-15(11-14)12-23-19-10-9-16(13-24-19)21(27)25-18-8-4-7-17(20(18)26)22(28)29-2;1-14-5-3-6-15(11-14)12-23-19-10-9-16(13-24-19)21-25-18-8-4-7-17(20(18)28-21)22(26)27-2;1-13-4-2-5-14(10-13)11-22-18-9-8-15(12-23-18)20-24-17-7-3-6-16(21(25)26)19(17)27-20;1-10-3-2-4-11(7-10)8-15-13-6-5-12(9-16-13)14(17)18;1-12-8(11)5-3-2-4-6(9)7(5)10/h3-11,13,26H,12H2,1-2H3,(H,23,24)(H,25,27);3-11,13H,12H2,1-2H3,(H,23,24);2-10,12H,11H2,1H3,(H,22,23)(H,25,26);2-7,9H,8H2,1H3,(H,15,16)(H,17,18);2-4H,9-10H2,1H3. The van der Waals surface area contributed by atoms with Crippen LogP contribution in [0.5, 0.6) is 5.75 Å². The topological polar surface area (TPSA) is 407 Å². The van der Waals surface area contributed by atoms with Crippen LogP contribution in [-0.4, -0.2) is 102 Å². The van der Waals surface area contributed by atoms with Crippen molar-refractivity contribution in [1.29, 1.82) is 0 Å². The van der Waals surface area contributed by atoms with Crippen LogP contribution >= 0.6 is 0 Å². The SMILES string of the molecule is COC(=O)c1cccc(N)c1N.COC(=O)c1cccc(NC(=O)c2ccc(NCc3cccc(C)c3)nc2)c1O.COC(=O)c1cccc2nc(-c3ccc(NCc4cccc(C)c4)nc3)oc12.Cc1cccc(CNc2ccc(-c3nc4cccc(C(=O)O)c4o3)cn2)c1.Cc1cccc(CNc2ccc(C(=O)O)cn2)c1. The number of methoxy groups -OCH3 is 3. The van der Waals surface area contributed by atoms with Gasteiger partial charge in [-0.3, -0.25) is 4.79 Å². The monoisotopic (exact) mass is 1530 g/mol. The maximum Gasteiger partial charge on any atom is 0.341 e. The lowest BCUT2D eigenvalue weighted by Gasteiger charge is -2.10. The molecule has 14 aromatic rings. The summed E-state index contributed by atoms with van der Waals surface area (Å²) in [5.41, 5.74) is 25.7. The number of carbonyl (C=O) groups is 6. The summed E-state index contributed by atoms with van der Waals surface area (Å²) in [5.74, 6) is -0.881. The van der Waals surface area contributed by atoms with E-state index >= 15 is 0 Å². The van der Waals surface area contributed by atoms with Gasteiger partial charge in [0.25, 0.3) is 5.91 Å². The molecule has 0 saturated carbocycles. The number of nitrogens with one attached hydrogen (secondary N) is 5. The Morgan fingerprint density at radius 2 is 0.754 bits per heavy atom. The number of nitrogens with zero attached hydrogens (tertiary/aromatic N) is 6. The van der Waals surface area contributed by atoms with Gasteiger partial charge in [0.2, 0.25) is 11.8 Å². The zero-order valence-electron chi connectivity index (χ0n) is 63.1. The summed E-state index contributed by atoms with van der Waals surface area (Å²) in [4.78, 5) is 94.9. The molecule has 6 aromatic heterocycles. The van der Waals surface area contributed by atoms with Gasteiger partial charge in [0, 0.05) is 51.0 Å². The molecule has 27 nitrogen and oxygen atoms in total. The quantitative estimate of drug-likeness (QED) is 0.0138. The molecule has 14 rings (SSSR count). The van der Waals surface area contributed by atoms with E-state index in [1.165, 1.54) is 103 Å². The summed E-state index contributed by atoms with van der Waals surface area (Å²) in [6.45, 7) is 10.9. The highest BCUT2D eigenvalue weighted by Crippen LogP contribution is 2.31. The maximum absolute atomic E-state index is 12.4. The average molecular weight is 1530 g/mol. The number of nitrogen functional groups attached to an aromatic ring is 2. The van der Waals surface area contributed by atoms with Crippen LogP contribution in [-0.2, 0) is 40.4 Å². The predicted molar refractivity (Wildman–Crippen MR) is 436 cm³/mol. The molecular weight excluding hydrogens is 1450 g/mol. The third-order valence-electron chi connectivity index (χ3n) is 17.0. The van der Waals surface area contributed by atoms with E-state index in [-0.39, 0.29) is 39.4 Å². The van der Waals surface area contributed by atoms with Gasteiger partial charge >= 0.3 is 29.8 Å². The number of aromatic hydroxyl groups is 1. The number of hydrogen-bond acceptors (Lipinski definition) is 24. The van der Waals surface area contributed by atoms with Gasteiger partial charge in [-0.25, -0.2) is 53.9 Å². The molecule has 0 aliphatic carbocycles. The third kappa shape index (κ3) is 22.4. The fraction of sp³-hybridized carbons (Fsp3) is 0.126. The molecule has 0 spiro atoms. The first-order chi connectivity index (χ1) is 55.0. The van der Waals surface area contributed by atoms with Crippen LogP contribution in [0.4, 0.5) is 40.3 Å². The number of rotatable bonds is 21. The summed E-state index contributed by atoms with van der Waals surface area (Å²) in [7, 11) is 3.85. The second-order valence-electron chi connectivity index (χ2n) is 25.5. The lowest BCUT2D eigenvalue weighted by Crippen LogP contribution is -2.13. The van der Waals surface area contributed by atoms with Crippen molar-refractivity contribution in [3.05, 3.63) is 321 Å². The number of carboxylic acid groups (broad SMARTS) is 2. The van der Waals surface area contributed by atoms with E-state index in [1.54, 1.807) is 79.1 Å². The second kappa shape index (κ2) is 39.2. The van der Waals surface area contributed by atoms with Crippen molar-refractivity contribution < 1.29 is 67.1 Å². The van der Waals surface area contributed by atoms with E-state index in [4.69, 9.17) is 30.1 Å². The number of fused-ring (bicyclic) bond motifs is 2. The molecule has 6 heterocycles. The molecule has 114 heavy (non-hydrogen) atoms. The number of amides is 1. The Morgan fingerprint density at radius 1 is 0.395 bits per heavy atom. The van der Waals surface area contributed by atoms with Crippen LogP contribution in [0.25, 0.3) is 45.1 Å². The van der Waals surface area contributed by atoms with Crippen LogP contribution < -0.4 is 38.1 Å². The molecule has 0 atom stereocenters. The van der Waals surface area contributed by atoms with Crippen molar-refractivity contribution in [3.63, 3.8) is 0 Å². The van der Waals surface area contributed by atoms with Crippen LogP contribution in [0.2, 0.25) is 0 Å². The van der Waals surface area contributed by atoms with Gasteiger partial charge in [-0.05, 0) is 147 Å².